The van der Waals surface area contributed by atoms with Gasteiger partial charge in [0.1, 0.15) is 0 Å². The zero-order valence-electron chi connectivity index (χ0n) is 18.5. The van der Waals surface area contributed by atoms with Crippen LogP contribution in [0.2, 0.25) is 5.02 Å². The van der Waals surface area contributed by atoms with Crippen molar-refractivity contribution in [3.8, 4) is 11.5 Å². The van der Waals surface area contributed by atoms with Gasteiger partial charge in [0.2, 0.25) is 0 Å². The van der Waals surface area contributed by atoms with Crippen LogP contribution in [0.3, 0.4) is 0 Å². The molecule has 1 saturated heterocycles. The van der Waals surface area contributed by atoms with Gasteiger partial charge in [-0.15, -0.1) is 0 Å². The minimum Gasteiger partial charge on any atom is -0.493 e. The first-order valence-electron chi connectivity index (χ1n) is 10.8. The van der Waals surface area contributed by atoms with Crippen molar-refractivity contribution < 1.29 is 14.3 Å². The summed E-state index contributed by atoms with van der Waals surface area (Å²) in [7, 11) is 3.15. The number of amides is 1. The standard InChI is InChI=1S/C25H27ClN2O3S/c1-16-9-7-8-12-20(16)28-24(29)23(32-25(28)27-18-10-5-4-6-11-18)14-17-13-21(30-2)22(31-3)15-19(17)26/h4-6,10-11,13-16,20H,7-9,12H2,1-3H3/b23-14-,27-25?/t16-,20-/m0/s1. The summed E-state index contributed by atoms with van der Waals surface area (Å²) >= 11 is 7.89. The number of hydrogen-bond acceptors (Lipinski definition) is 5. The number of hydrogen-bond donors (Lipinski definition) is 0. The molecule has 0 unspecified atom stereocenters. The summed E-state index contributed by atoms with van der Waals surface area (Å²) in [5, 5.41) is 1.22. The van der Waals surface area contributed by atoms with Crippen molar-refractivity contribution in [2.75, 3.05) is 14.2 Å². The molecule has 0 radical (unpaired) electrons. The minimum atomic E-state index is -0.0192. The molecular formula is C25H27ClN2O3S. The van der Waals surface area contributed by atoms with E-state index in [1.165, 1.54) is 18.2 Å². The number of nitrogens with zero attached hydrogens (tertiary/aromatic N) is 2. The molecule has 0 spiro atoms. The summed E-state index contributed by atoms with van der Waals surface area (Å²) in [6, 6.07) is 13.4. The quantitative estimate of drug-likeness (QED) is 0.465. The number of carbonyl (C=O) groups excluding carboxylic acids is 1. The van der Waals surface area contributed by atoms with E-state index in [0.717, 1.165) is 30.1 Å². The Morgan fingerprint density at radius 1 is 1.09 bits per heavy atom. The molecule has 2 atom stereocenters. The number of halogens is 1. The van der Waals surface area contributed by atoms with Gasteiger partial charge in [-0.2, -0.15) is 0 Å². The van der Waals surface area contributed by atoms with E-state index >= 15 is 0 Å². The molecule has 168 valence electrons. The number of aliphatic imine (C=N–C) groups is 1. The van der Waals surface area contributed by atoms with Crippen LogP contribution < -0.4 is 9.47 Å². The number of ether oxygens (including phenoxy) is 2. The fourth-order valence-corrected chi connectivity index (χ4v) is 5.52. The van der Waals surface area contributed by atoms with Gasteiger partial charge in [-0.25, -0.2) is 4.99 Å². The first-order chi connectivity index (χ1) is 15.5. The van der Waals surface area contributed by atoms with Crippen LogP contribution in [0.4, 0.5) is 5.69 Å². The SMILES string of the molecule is COc1cc(Cl)c(/C=C2\SC(=Nc3ccccc3)N([C@H]3CCCC[C@@H]3C)C2=O)cc1OC. The van der Waals surface area contributed by atoms with E-state index in [-0.39, 0.29) is 11.9 Å². The minimum absolute atomic E-state index is 0.0192. The lowest BCUT2D eigenvalue weighted by Crippen LogP contribution is -2.44. The van der Waals surface area contributed by atoms with Gasteiger partial charge in [-0.3, -0.25) is 9.69 Å². The first kappa shape index (κ1) is 22.7. The fourth-order valence-electron chi connectivity index (χ4n) is 4.27. The molecule has 0 bridgehead atoms. The Morgan fingerprint density at radius 2 is 1.78 bits per heavy atom. The molecule has 1 aliphatic heterocycles. The second-order valence-electron chi connectivity index (χ2n) is 8.07. The van der Waals surface area contributed by atoms with E-state index < -0.39 is 0 Å². The van der Waals surface area contributed by atoms with E-state index in [4.69, 9.17) is 26.1 Å². The summed E-state index contributed by atoms with van der Waals surface area (Å²) in [6.45, 7) is 2.23. The van der Waals surface area contributed by atoms with Crippen LogP contribution in [0.1, 0.15) is 38.2 Å². The zero-order chi connectivity index (χ0) is 22.7. The molecule has 2 aromatic rings. The maximum Gasteiger partial charge on any atom is 0.267 e. The number of amidine groups is 1. The summed E-state index contributed by atoms with van der Waals surface area (Å²) < 4.78 is 10.7. The third kappa shape index (κ3) is 4.66. The van der Waals surface area contributed by atoms with Crippen molar-refractivity contribution in [2.24, 2.45) is 10.9 Å². The van der Waals surface area contributed by atoms with Crippen molar-refractivity contribution in [1.82, 2.24) is 4.90 Å². The van der Waals surface area contributed by atoms with Gasteiger partial charge in [0, 0.05) is 12.1 Å². The van der Waals surface area contributed by atoms with Crippen molar-refractivity contribution in [1.29, 1.82) is 0 Å². The van der Waals surface area contributed by atoms with Crippen LogP contribution in [0.5, 0.6) is 11.5 Å². The number of benzene rings is 2. The van der Waals surface area contributed by atoms with E-state index in [1.807, 2.05) is 41.3 Å². The molecule has 4 rings (SSSR count). The number of thioether (sulfide) groups is 1. The smallest absolute Gasteiger partial charge is 0.267 e. The number of rotatable bonds is 5. The number of para-hydroxylation sites is 1. The monoisotopic (exact) mass is 470 g/mol. The van der Waals surface area contributed by atoms with Crippen LogP contribution in [0.25, 0.3) is 6.08 Å². The van der Waals surface area contributed by atoms with E-state index in [2.05, 4.69) is 6.92 Å². The Labute approximate surface area is 198 Å². The van der Waals surface area contributed by atoms with E-state index in [0.29, 0.717) is 32.9 Å². The molecule has 2 aromatic carbocycles. The Bertz CT molecular complexity index is 1050. The fraction of sp³-hybridized carbons (Fsp3) is 0.360. The van der Waals surface area contributed by atoms with Gasteiger partial charge >= 0.3 is 0 Å². The molecular weight excluding hydrogens is 444 g/mol. The van der Waals surface area contributed by atoms with Crippen molar-refractivity contribution in [3.05, 3.63) is 58.0 Å². The van der Waals surface area contributed by atoms with Gasteiger partial charge in [0.25, 0.3) is 5.91 Å². The summed E-state index contributed by atoms with van der Waals surface area (Å²) in [5.41, 5.74) is 1.54. The lowest BCUT2D eigenvalue weighted by atomic mass is 9.85. The molecule has 0 N–H and O–H groups in total. The van der Waals surface area contributed by atoms with Gasteiger partial charge in [0.05, 0.1) is 29.8 Å². The third-order valence-electron chi connectivity index (χ3n) is 6.01. The maximum absolute atomic E-state index is 13.6. The van der Waals surface area contributed by atoms with Gasteiger partial charge in [-0.05, 0) is 60.4 Å². The molecule has 5 nitrogen and oxygen atoms in total. The van der Waals surface area contributed by atoms with Crippen molar-refractivity contribution in [3.63, 3.8) is 0 Å². The normalized spacial score (nSPS) is 23.8. The molecule has 2 aliphatic rings. The van der Waals surface area contributed by atoms with Crippen LogP contribution in [0, 0.1) is 5.92 Å². The van der Waals surface area contributed by atoms with Crippen LogP contribution in [0.15, 0.2) is 52.4 Å². The Kier molecular flexibility index (Phi) is 7.11. The van der Waals surface area contributed by atoms with Gasteiger partial charge in [0.15, 0.2) is 16.7 Å². The first-order valence-corrected chi connectivity index (χ1v) is 12.0. The van der Waals surface area contributed by atoms with Crippen molar-refractivity contribution >= 4 is 46.2 Å². The Balaban J connectivity index is 1.75. The second-order valence-corrected chi connectivity index (χ2v) is 9.49. The molecule has 1 aliphatic carbocycles. The molecule has 7 heteroatoms. The second kappa shape index (κ2) is 10.0. The van der Waals surface area contributed by atoms with Crippen LogP contribution in [-0.2, 0) is 4.79 Å². The van der Waals surface area contributed by atoms with Gasteiger partial charge < -0.3 is 9.47 Å². The summed E-state index contributed by atoms with van der Waals surface area (Å²) in [5.74, 6) is 1.52. The molecule has 1 saturated carbocycles. The molecule has 1 amide bonds. The van der Waals surface area contributed by atoms with Crippen LogP contribution in [-0.4, -0.2) is 36.2 Å². The number of methoxy groups -OCH3 is 2. The lowest BCUT2D eigenvalue weighted by Gasteiger charge is -2.35. The Morgan fingerprint density at radius 3 is 2.47 bits per heavy atom. The summed E-state index contributed by atoms with van der Waals surface area (Å²) in [6.07, 6.45) is 6.28. The molecule has 32 heavy (non-hydrogen) atoms. The zero-order valence-corrected chi connectivity index (χ0v) is 20.1. The summed E-state index contributed by atoms with van der Waals surface area (Å²) in [4.78, 5) is 21.0. The molecule has 2 fully saturated rings. The van der Waals surface area contributed by atoms with Crippen molar-refractivity contribution in [2.45, 2.75) is 38.6 Å². The maximum atomic E-state index is 13.6. The highest BCUT2D eigenvalue weighted by Crippen LogP contribution is 2.41. The van der Waals surface area contributed by atoms with Crippen LogP contribution >= 0.6 is 23.4 Å². The van der Waals surface area contributed by atoms with Gasteiger partial charge in [-0.1, -0.05) is 49.6 Å². The Hall–Kier alpha value is -2.44. The lowest BCUT2D eigenvalue weighted by molar-refractivity contribution is -0.124. The number of carbonyl (C=O) groups is 1. The molecule has 1 heterocycles. The largest absolute Gasteiger partial charge is 0.493 e. The highest BCUT2D eigenvalue weighted by atomic mass is 35.5. The average Bonchev–Trinajstić information content (AvgIpc) is 3.10. The average molecular weight is 471 g/mol. The highest BCUT2D eigenvalue weighted by molar-refractivity contribution is 8.18. The predicted molar refractivity (Wildman–Crippen MR) is 132 cm³/mol. The topological polar surface area (TPSA) is 51.1 Å². The highest BCUT2D eigenvalue weighted by Gasteiger charge is 2.41. The third-order valence-corrected chi connectivity index (χ3v) is 7.32. The van der Waals surface area contributed by atoms with E-state index in [9.17, 15) is 4.79 Å². The molecule has 0 aromatic heterocycles. The van der Waals surface area contributed by atoms with E-state index in [1.54, 1.807) is 26.4 Å². The predicted octanol–water partition coefficient (Wildman–Crippen LogP) is 6.54.